The van der Waals surface area contributed by atoms with E-state index >= 15 is 0 Å². The van der Waals surface area contributed by atoms with Gasteiger partial charge in [0.25, 0.3) is 0 Å². The Labute approximate surface area is 131 Å². The van der Waals surface area contributed by atoms with Gasteiger partial charge in [0, 0.05) is 0 Å². The van der Waals surface area contributed by atoms with Crippen LogP contribution < -0.4 is 0 Å². The summed E-state index contributed by atoms with van der Waals surface area (Å²) in [5.74, 6) is -0.161. The van der Waals surface area contributed by atoms with E-state index in [1.54, 1.807) is 69.2 Å². The first-order chi connectivity index (χ1) is 8.71. The summed E-state index contributed by atoms with van der Waals surface area (Å²) in [5, 5.41) is 0. The van der Waals surface area contributed by atoms with Crippen LogP contribution in [0.25, 0.3) is 0 Å². The summed E-state index contributed by atoms with van der Waals surface area (Å²) in [5.41, 5.74) is -0.898. The quantitative estimate of drug-likeness (QED) is 0.788. The van der Waals surface area contributed by atoms with E-state index in [1.165, 1.54) is 0 Å². The van der Waals surface area contributed by atoms with Crippen LogP contribution in [0.2, 0.25) is 0 Å². The minimum absolute atomic E-state index is 0.161. The lowest BCUT2D eigenvalue weighted by Crippen LogP contribution is -2.56. The van der Waals surface area contributed by atoms with Gasteiger partial charge >= 0.3 is 0 Å². The van der Waals surface area contributed by atoms with Crippen LogP contribution in [0.1, 0.15) is 69.2 Å². The van der Waals surface area contributed by atoms with Gasteiger partial charge in [-0.2, -0.15) is 0 Å². The molecule has 128 valence electrons. The van der Waals surface area contributed by atoms with E-state index in [-0.39, 0.29) is 5.75 Å². The summed E-state index contributed by atoms with van der Waals surface area (Å²) in [6, 6.07) is 0. The molecular weight excluding hydrogens is 308 g/mol. The third-order valence-electron chi connectivity index (χ3n) is 4.59. The Hall–Kier alpha value is -0.100. The SMILES string of the molecule is CC(C)(CS(=O)(=O)C(C)(C)C)C(C)(C)S(=O)(=O)C(C)(C)C. The highest BCUT2D eigenvalue weighted by Crippen LogP contribution is 2.44. The lowest BCUT2D eigenvalue weighted by molar-refractivity contribution is 0.297. The zero-order chi connectivity index (χ0) is 17.7. The Morgan fingerprint density at radius 3 is 1.19 bits per heavy atom. The van der Waals surface area contributed by atoms with Crippen LogP contribution in [-0.2, 0) is 19.7 Å². The first-order valence-electron chi connectivity index (χ1n) is 7.17. The summed E-state index contributed by atoms with van der Waals surface area (Å²) >= 11 is 0. The molecule has 0 amide bonds. The zero-order valence-electron chi connectivity index (χ0n) is 15.2. The number of rotatable bonds is 4. The molecule has 0 unspecified atom stereocenters. The van der Waals surface area contributed by atoms with E-state index in [9.17, 15) is 16.8 Å². The third-order valence-corrected chi connectivity index (χ3v) is 11.1. The molecule has 0 aliphatic heterocycles. The zero-order valence-corrected chi connectivity index (χ0v) is 16.8. The second-order valence-corrected chi connectivity index (χ2v) is 14.9. The predicted molar refractivity (Wildman–Crippen MR) is 90.1 cm³/mol. The standard InChI is InChI=1S/C15H32O4S2/c1-12(2,3)20(16,17)11-14(7,8)15(9,10)21(18,19)13(4,5)6/h11H2,1-10H3. The van der Waals surface area contributed by atoms with E-state index in [1.807, 2.05) is 0 Å². The fourth-order valence-corrected chi connectivity index (χ4v) is 6.16. The fourth-order valence-electron chi connectivity index (χ4n) is 1.99. The molecule has 0 rings (SSSR count). The van der Waals surface area contributed by atoms with Gasteiger partial charge in [0.2, 0.25) is 0 Å². The van der Waals surface area contributed by atoms with Gasteiger partial charge in [-0.3, -0.25) is 0 Å². The van der Waals surface area contributed by atoms with Crippen molar-refractivity contribution in [1.82, 2.24) is 0 Å². The van der Waals surface area contributed by atoms with Gasteiger partial charge in [0.15, 0.2) is 19.7 Å². The van der Waals surface area contributed by atoms with Crippen molar-refractivity contribution in [3.8, 4) is 0 Å². The molecule has 0 spiro atoms. The van der Waals surface area contributed by atoms with Crippen LogP contribution in [0, 0.1) is 5.41 Å². The highest BCUT2D eigenvalue weighted by atomic mass is 32.2. The maximum absolute atomic E-state index is 12.9. The minimum Gasteiger partial charge on any atom is -0.228 e. The Morgan fingerprint density at radius 2 is 0.952 bits per heavy atom. The summed E-state index contributed by atoms with van der Waals surface area (Å²) in [6.07, 6.45) is 0. The van der Waals surface area contributed by atoms with Gasteiger partial charge in [-0.05, 0) is 60.8 Å². The van der Waals surface area contributed by atoms with Crippen LogP contribution >= 0.6 is 0 Å². The largest absolute Gasteiger partial charge is 0.228 e. The molecule has 0 radical (unpaired) electrons. The van der Waals surface area contributed by atoms with Crippen molar-refractivity contribution in [2.75, 3.05) is 5.75 Å². The number of hydrogen-bond acceptors (Lipinski definition) is 4. The van der Waals surface area contributed by atoms with Gasteiger partial charge in [0.05, 0.1) is 20.0 Å². The van der Waals surface area contributed by atoms with Crippen LogP contribution in [0.4, 0.5) is 0 Å². The number of sulfone groups is 2. The minimum atomic E-state index is -3.52. The number of hydrogen-bond donors (Lipinski definition) is 0. The van der Waals surface area contributed by atoms with E-state index in [4.69, 9.17) is 0 Å². The summed E-state index contributed by atoms with van der Waals surface area (Å²) in [4.78, 5) is 0. The fraction of sp³-hybridized carbons (Fsp3) is 1.00. The third kappa shape index (κ3) is 3.63. The molecule has 0 fully saturated rings. The van der Waals surface area contributed by atoms with Gasteiger partial charge in [-0.15, -0.1) is 0 Å². The molecule has 0 aliphatic carbocycles. The molecule has 0 aromatic rings. The van der Waals surface area contributed by atoms with Crippen molar-refractivity contribution in [3.63, 3.8) is 0 Å². The van der Waals surface area contributed by atoms with Gasteiger partial charge < -0.3 is 0 Å². The van der Waals surface area contributed by atoms with E-state index in [0.29, 0.717) is 0 Å². The molecule has 0 saturated carbocycles. The van der Waals surface area contributed by atoms with Crippen molar-refractivity contribution in [2.24, 2.45) is 5.41 Å². The Bertz CT molecular complexity index is 581. The molecule has 0 aromatic heterocycles. The van der Waals surface area contributed by atoms with Crippen molar-refractivity contribution in [3.05, 3.63) is 0 Å². The second-order valence-electron chi connectivity index (χ2n) is 8.88. The molecule has 4 nitrogen and oxygen atoms in total. The first-order valence-corrected chi connectivity index (χ1v) is 10.3. The van der Waals surface area contributed by atoms with Crippen molar-refractivity contribution in [1.29, 1.82) is 0 Å². The molecule has 0 saturated heterocycles. The topological polar surface area (TPSA) is 68.3 Å². The van der Waals surface area contributed by atoms with Crippen LogP contribution in [-0.4, -0.2) is 36.8 Å². The van der Waals surface area contributed by atoms with Crippen molar-refractivity contribution >= 4 is 19.7 Å². The van der Waals surface area contributed by atoms with E-state index in [2.05, 4.69) is 0 Å². The Balaban J connectivity index is 5.96. The highest BCUT2D eigenvalue weighted by molar-refractivity contribution is 7.94. The molecule has 0 bridgehead atoms. The van der Waals surface area contributed by atoms with Gasteiger partial charge in [-0.25, -0.2) is 16.8 Å². The predicted octanol–water partition coefficient (Wildman–Crippen LogP) is 3.22. The lowest BCUT2D eigenvalue weighted by atomic mass is 9.82. The maximum atomic E-state index is 12.9. The second kappa shape index (κ2) is 5.22. The summed E-state index contributed by atoms with van der Waals surface area (Å²) in [7, 11) is -6.92. The van der Waals surface area contributed by atoms with Crippen LogP contribution in [0.5, 0.6) is 0 Å². The lowest BCUT2D eigenvalue weighted by Gasteiger charge is -2.45. The van der Waals surface area contributed by atoms with Gasteiger partial charge in [-0.1, -0.05) is 13.8 Å². The molecule has 0 atom stereocenters. The average Bonchev–Trinajstić information content (AvgIpc) is 2.11. The van der Waals surface area contributed by atoms with E-state index in [0.717, 1.165) is 0 Å². The smallest absolute Gasteiger partial charge is 0.160 e. The average molecular weight is 341 g/mol. The Kier molecular flexibility index (Phi) is 5.20. The van der Waals surface area contributed by atoms with E-state index < -0.39 is 39.3 Å². The van der Waals surface area contributed by atoms with Crippen LogP contribution in [0.15, 0.2) is 0 Å². The first kappa shape index (κ1) is 20.9. The molecule has 0 heterocycles. The van der Waals surface area contributed by atoms with Gasteiger partial charge in [0.1, 0.15) is 0 Å². The highest BCUT2D eigenvalue weighted by Gasteiger charge is 2.54. The molecule has 0 N–H and O–H groups in total. The van der Waals surface area contributed by atoms with Crippen molar-refractivity contribution in [2.45, 2.75) is 83.5 Å². The monoisotopic (exact) mass is 340 g/mol. The summed E-state index contributed by atoms with van der Waals surface area (Å²) < 4.78 is 47.7. The molecule has 21 heavy (non-hydrogen) atoms. The maximum Gasteiger partial charge on any atom is 0.160 e. The molecule has 0 aliphatic rings. The van der Waals surface area contributed by atoms with Crippen molar-refractivity contribution < 1.29 is 16.8 Å². The molecule has 6 heteroatoms. The molecule has 0 aromatic carbocycles. The normalized spacial score (nSPS) is 16.1. The van der Waals surface area contributed by atoms with Crippen LogP contribution in [0.3, 0.4) is 0 Å². The Morgan fingerprint density at radius 1 is 0.619 bits per heavy atom. The summed E-state index contributed by atoms with van der Waals surface area (Å²) in [6.45, 7) is 16.6. The molecular formula is C15H32O4S2.